The minimum Gasteiger partial charge on any atom is -0.381 e. The minimum absolute atomic E-state index is 0.186. The number of aromatic amines is 1. The van der Waals surface area contributed by atoms with Gasteiger partial charge in [0.2, 0.25) is 0 Å². The van der Waals surface area contributed by atoms with Gasteiger partial charge in [-0.05, 0) is 44.2 Å². The number of methoxy groups -OCH3 is 1. The van der Waals surface area contributed by atoms with Crippen molar-refractivity contribution in [3.8, 4) is 0 Å². The summed E-state index contributed by atoms with van der Waals surface area (Å²) in [5.41, 5.74) is 0.936. The molecule has 0 unspecified atom stereocenters. The molecule has 3 aromatic heterocycles. The van der Waals surface area contributed by atoms with E-state index in [-0.39, 0.29) is 17.5 Å². The number of anilines is 3. The van der Waals surface area contributed by atoms with E-state index >= 15 is 0 Å². The molecule has 0 bridgehead atoms. The lowest BCUT2D eigenvalue weighted by molar-refractivity contribution is 0.0710. The molecule has 5 rings (SSSR count). The number of hydrogen-bond acceptors (Lipinski definition) is 7. The molecular weight excluding hydrogens is 434 g/mol. The van der Waals surface area contributed by atoms with Crippen LogP contribution in [0.25, 0.3) is 5.65 Å². The van der Waals surface area contributed by atoms with Crippen molar-refractivity contribution in [2.75, 3.05) is 24.8 Å². The molecule has 3 aromatic rings. The van der Waals surface area contributed by atoms with Gasteiger partial charge >= 0.3 is 0 Å². The summed E-state index contributed by atoms with van der Waals surface area (Å²) in [6.07, 6.45) is 13.5. The van der Waals surface area contributed by atoms with Crippen molar-refractivity contribution in [2.45, 2.75) is 63.5 Å². The van der Waals surface area contributed by atoms with Crippen molar-refractivity contribution in [1.82, 2.24) is 24.9 Å². The first-order chi connectivity index (χ1) is 16.6. The first kappa shape index (κ1) is 23.7. The van der Waals surface area contributed by atoms with E-state index in [9.17, 15) is 9.59 Å². The van der Waals surface area contributed by atoms with Gasteiger partial charge in [-0.25, -0.2) is 4.98 Å². The van der Waals surface area contributed by atoms with Gasteiger partial charge in [0.05, 0.1) is 12.3 Å². The van der Waals surface area contributed by atoms with E-state index in [0.29, 0.717) is 34.6 Å². The van der Waals surface area contributed by atoms with Crippen LogP contribution in [0, 0.1) is 0 Å². The third kappa shape index (κ3) is 5.56. The molecule has 0 radical (unpaired) electrons. The molecule has 0 spiro atoms. The molecule has 3 heterocycles. The van der Waals surface area contributed by atoms with Gasteiger partial charge in [-0.15, -0.1) is 0 Å². The molecule has 0 aromatic carbocycles. The highest BCUT2D eigenvalue weighted by Gasteiger charge is 2.23. The average molecular weight is 468 g/mol. The van der Waals surface area contributed by atoms with Crippen LogP contribution in [0.1, 0.15) is 61.7 Å². The summed E-state index contributed by atoms with van der Waals surface area (Å²) in [6.45, 7) is 0. The maximum atomic E-state index is 12.5. The fourth-order valence-electron chi connectivity index (χ4n) is 4.14. The van der Waals surface area contributed by atoms with Gasteiger partial charge in [-0.1, -0.05) is 19.3 Å². The second kappa shape index (κ2) is 11.1. The first-order valence-electron chi connectivity index (χ1n) is 11.9. The fourth-order valence-corrected chi connectivity index (χ4v) is 4.14. The van der Waals surface area contributed by atoms with Crippen LogP contribution in [-0.4, -0.2) is 51.8 Å². The number of aromatic nitrogens is 4. The van der Waals surface area contributed by atoms with Gasteiger partial charge in [0.15, 0.2) is 5.65 Å². The fraction of sp³-hybridized carbons (Fsp3) is 0.500. The molecule has 0 atom stereocenters. The number of rotatable bonds is 6. The van der Waals surface area contributed by atoms with Crippen molar-refractivity contribution in [1.29, 1.82) is 0 Å². The Morgan fingerprint density at radius 1 is 1.18 bits per heavy atom. The number of nitrogens with one attached hydrogen (secondary N) is 4. The van der Waals surface area contributed by atoms with Crippen molar-refractivity contribution in [2.24, 2.45) is 0 Å². The molecule has 10 heteroatoms. The number of H-pyrrole nitrogens is 1. The summed E-state index contributed by atoms with van der Waals surface area (Å²) in [7, 11) is 3.57. The molecule has 182 valence electrons. The molecule has 34 heavy (non-hydrogen) atoms. The van der Waals surface area contributed by atoms with Crippen LogP contribution < -0.4 is 21.5 Å². The largest absolute Gasteiger partial charge is 0.381 e. The lowest BCUT2D eigenvalue weighted by Gasteiger charge is -2.26. The number of amides is 1. The van der Waals surface area contributed by atoms with E-state index in [4.69, 9.17) is 4.74 Å². The average Bonchev–Trinajstić information content (AvgIpc) is 3.27. The Bertz CT molecular complexity index is 1160. The van der Waals surface area contributed by atoms with Crippen LogP contribution in [0.2, 0.25) is 0 Å². The standard InChI is InChI=1S/C17H19N7O2.C7H14O/c1-18-14-8-13(22-12-6-3-7-19-17(12)26)23-15-11(9-20-24(14)15)16(25)21-10-4-2-5-10;1-8-7-5-3-2-4-6-7/h3,6-10,18H,2,4-5H2,1H3,(H,19,26)(H,21,25)(H,22,23);7H,2-6H2,1H3. The molecule has 4 N–H and O–H groups in total. The third-order valence-electron chi connectivity index (χ3n) is 6.38. The van der Waals surface area contributed by atoms with E-state index in [1.807, 2.05) is 7.11 Å². The maximum absolute atomic E-state index is 12.5. The zero-order valence-electron chi connectivity index (χ0n) is 19.8. The second-order valence-corrected chi connectivity index (χ2v) is 8.71. The zero-order chi connectivity index (χ0) is 23.9. The number of hydrogen-bond donors (Lipinski definition) is 4. The van der Waals surface area contributed by atoms with Crippen LogP contribution in [0.3, 0.4) is 0 Å². The van der Waals surface area contributed by atoms with Crippen molar-refractivity contribution >= 4 is 28.9 Å². The number of carbonyl (C=O) groups is 1. The maximum Gasteiger partial charge on any atom is 0.271 e. The zero-order valence-corrected chi connectivity index (χ0v) is 19.8. The van der Waals surface area contributed by atoms with Gasteiger partial charge in [0.25, 0.3) is 11.5 Å². The van der Waals surface area contributed by atoms with Crippen LogP contribution in [0.5, 0.6) is 0 Å². The quantitative estimate of drug-likeness (QED) is 0.437. The monoisotopic (exact) mass is 467 g/mol. The highest BCUT2D eigenvalue weighted by molar-refractivity contribution is 6.00. The predicted octanol–water partition coefficient (Wildman–Crippen LogP) is 3.45. The first-order valence-corrected chi connectivity index (χ1v) is 11.9. The van der Waals surface area contributed by atoms with Crippen LogP contribution in [-0.2, 0) is 4.74 Å². The Hall–Kier alpha value is -3.40. The summed E-state index contributed by atoms with van der Waals surface area (Å²) in [6, 6.07) is 5.33. The van der Waals surface area contributed by atoms with E-state index in [2.05, 4.69) is 31.0 Å². The molecular formula is C24H33N7O3. The van der Waals surface area contributed by atoms with Crippen molar-refractivity contribution < 1.29 is 9.53 Å². The lowest BCUT2D eigenvalue weighted by Crippen LogP contribution is -2.39. The molecule has 2 saturated carbocycles. The Morgan fingerprint density at radius 3 is 2.59 bits per heavy atom. The van der Waals surface area contributed by atoms with Crippen molar-refractivity contribution in [3.63, 3.8) is 0 Å². The minimum atomic E-state index is -0.253. The molecule has 10 nitrogen and oxygen atoms in total. The van der Waals surface area contributed by atoms with Crippen molar-refractivity contribution in [3.05, 3.63) is 46.5 Å². The van der Waals surface area contributed by atoms with Crippen LogP contribution in [0.15, 0.2) is 35.4 Å². The highest BCUT2D eigenvalue weighted by atomic mass is 16.5. The van der Waals surface area contributed by atoms with E-state index in [0.717, 1.165) is 19.3 Å². The number of fused-ring (bicyclic) bond motifs is 1. The molecule has 0 saturated heterocycles. The normalized spacial score (nSPS) is 16.3. The highest BCUT2D eigenvalue weighted by Crippen LogP contribution is 2.23. The molecule has 2 aliphatic carbocycles. The van der Waals surface area contributed by atoms with Gasteiger partial charge in [0, 0.05) is 32.5 Å². The summed E-state index contributed by atoms with van der Waals surface area (Å²) < 4.78 is 6.76. The Balaban J connectivity index is 0.000000291. The molecule has 2 aliphatic rings. The summed E-state index contributed by atoms with van der Waals surface area (Å²) in [5, 5.41) is 13.3. The summed E-state index contributed by atoms with van der Waals surface area (Å²) in [4.78, 5) is 31.5. The Labute approximate surface area is 198 Å². The van der Waals surface area contributed by atoms with Gasteiger partial charge in [0.1, 0.15) is 22.9 Å². The number of nitrogens with zero attached hydrogens (tertiary/aromatic N) is 3. The van der Waals surface area contributed by atoms with E-state index in [1.54, 1.807) is 36.0 Å². The number of pyridine rings is 1. The van der Waals surface area contributed by atoms with E-state index in [1.165, 1.54) is 38.3 Å². The SMILES string of the molecule is CNc1cc(Nc2ccc[nH]c2=O)nc2c(C(=O)NC3CCC3)cnn12.COC1CCCCC1. The van der Waals surface area contributed by atoms with Crippen LogP contribution >= 0.6 is 0 Å². The Morgan fingerprint density at radius 2 is 1.97 bits per heavy atom. The second-order valence-electron chi connectivity index (χ2n) is 8.71. The Kier molecular flexibility index (Phi) is 7.79. The predicted molar refractivity (Wildman–Crippen MR) is 132 cm³/mol. The van der Waals surface area contributed by atoms with Gasteiger partial charge in [-0.3, -0.25) is 9.59 Å². The molecule has 1 amide bonds. The summed E-state index contributed by atoms with van der Waals surface area (Å²) in [5.74, 6) is 0.901. The molecule has 2 fully saturated rings. The number of ether oxygens (including phenoxy) is 1. The third-order valence-corrected chi connectivity index (χ3v) is 6.38. The van der Waals surface area contributed by atoms with Gasteiger partial charge < -0.3 is 25.7 Å². The van der Waals surface area contributed by atoms with Gasteiger partial charge in [-0.2, -0.15) is 9.61 Å². The molecule has 0 aliphatic heterocycles. The topological polar surface area (TPSA) is 125 Å². The summed E-state index contributed by atoms with van der Waals surface area (Å²) >= 11 is 0. The smallest absolute Gasteiger partial charge is 0.271 e. The van der Waals surface area contributed by atoms with Crippen LogP contribution in [0.4, 0.5) is 17.3 Å². The number of carbonyl (C=O) groups excluding carboxylic acids is 1. The lowest BCUT2D eigenvalue weighted by atomic mass is 9.93. The van der Waals surface area contributed by atoms with E-state index < -0.39 is 0 Å².